The predicted octanol–water partition coefficient (Wildman–Crippen LogP) is 15.9. The number of hydrogen-bond donors (Lipinski definition) is 0. The van der Waals surface area contributed by atoms with E-state index in [4.69, 9.17) is 4.42 Å². The quantitative estimate of drug-likeness (QED) is 0.160. The van der Waals surface area contributed by atoms with Gasteiger partial charge in [-0.25, -0.2) is 0 Å². The predicted molar refractivity (Wildman–Crippen MR) is 254 cm³/mol. The normalized spacial score (nSPS) is 12.7. The molecule has 1 aromatic heterocycles. The van der Waals surface area contributed by atoms with E-state index in [2.05, 4.69) is 241 Å². The fraction of sp³-hybridized carbons (Fsp3) is 0.0169. The van der Waals surface area contributed by atoms with Crippen molar-refractivity contribution in [3.63, 3.8) is 0 Å². The first-order valence-corrected chi connectivity index (χ1v) is 21.0. The van der Waals surface area contributed by atoms with E-state index < -0.39 is 5.41 Å². The summed E-state index contributed by atoms with van der Waals surface area (Å²) < 4.78 is 6.60. The summed E-state index contributed by atoms with van der Waals surface area (Å²) in [4.78, 5) is 2.46. The fourth-order valence-electron chi connectivity index (χ4n) is 10.1. The molecule has 0 amide bonds. The maximum Gasteiger partial charge on any atom is 0.143 e. The Bertz CT molecular complexity index is 3360. The van der Waals surface area contributed by atoms with Crippen LogP contribution in [0.1, 0.15) is 22.3 Å². The van der Waals surface area contributed by atoms with Gasteiger partial charge in [0.25, 0.3) is 0 Å². The van der Waals surface area contributed by atoms with Gasteiger partial charge in [-0.15, -0.1) is 0 Å². The molecule has 11 aromatic rings. The number of hydrogen-bond acceptors (Lipinski definition) is 2. The summed E-state index contributed by atoms with van der Waals surface area (Å²) in [5.41, 5.74) is 16.8. The van der Waals surface area contributed by atoms with Gasteiger partial charge in [0.1, 0.15) is 11.2 Å². The van der Waals surface area contributed by atoms with Crippen LogP contribution in [0.15, 0.2) is 241 Å². The molecule has 61 heavy (non-hydrogen) atoms. The second-order valence-electron chi connectivity index (χ2n) is 16.0. The lowest BCUT2D eigenvalue weighted by Crippen LogP contribution is -2.28. The molecule has 0 bridgehead atoms. The molecule has 1 heterocycles. The summed E-state index contributed by atoms with van der Waals surface area (Å²) in [6, 6.07) is 86.0. The Morgan fingerprint density at radius 2 is 1.00 bits per heavy atom. The number of furan rings is 1. The van der Waals surface area contributed by atoms with Gasteiger partial charge < -0.3 is 9.32 Å². The summed E-state index contributed by atoms with van der Waals surface area (Å²) in [5, 5.41) is 4.58. The highest BCUT2D eigenvalue weighted by Crippen LogP contribution is 2.59. The number of nitrogens with zero attached hydrogens (tertiary/aromatic N) is 1. The summed E-state index contributed by atoms with van der Waals surface area (Å²) in [6.45, 7) is 0. The van der Waals surface area contributed by atoms with Crippen molar-refractivity contribution in [2.45, 2.75) is 5.41 Å². The molecule has 0 spiro atoms. The van der Waals surface area contributed by atoms with Gasteiger partial charge in [-0.2, -0.15) is 0 Å². The van der Waals surface area contributed by atoms with Crippen LogP contribution in [0.3, 0.4) is 0 Å². The van der Waals surface area contributed by atoms with Crippen molar-refractivity contribution >= 4 is 49.8 Å². The fourth-order valence-corrected chi connectivity index (χ4v) is 10.1. The maximum absolute atomic E-state index is 6.60. The molecule has 12 rings (SSSR count). The first-order valence-electron chi connectivity index (χ1n) is 21.0. The van der Waals surface area contributed by atoms with E-state index in [1.165, 1.54) is 49.9 Å². The molecule has 2 nitrogen and oxygen atoms in total. The van der Waals surface area contributed by atoms with Gasteiger partial charge in [0.2, 0.25) is 0 Å². The molecular formula is C59H39NO. The topological polar surface area (TPSA) is 16.4 Å². The first kappa shape index (κ1) is 35.0. The maximum atomic E-state index is 6.60. The van der Waals surface area contributed by atoms with Crippen LogP contribution in [-0.4, -0.2) is 0 Å². The second-order valence-corrected chi connectivity index (χ2v) is 16.0. The molecule has 0 atom stereocenters. The van der Waals surface area contributed by atoms with Gasteiger partial charge in [-0.05, 0) is 97.9 Å². The zero-order valence-electron chi connectivity index (χ0n) is 33.4. The molecule has 0 radical (unpaired) electrons. The van der Waals surface area contributed by atoms with E-state index in [0.29, 0.717) is 0 Å². The molecule has 1 aliphatic rings. The van der Waals surface area contributed by atoms with E-state index >= 15 is 0 Å². The lowest BCUT2D eigenvalue weighted by molar-refractivity contribution is 0.673. The van der Waals surface area contributed by atoms with E-state index in [9.17, 15) is 0 Å². The van der Waals surface area contributed by atoms with Crippen molar-refractivity contribution in [1.82, 2.24) is 0 Å². The van der Waals surface area contributed by atoms with Crippen LogP contribution >= 0.6 is 0 Å². The third-order valence-corrected chi connectivity index (χ3v) is 12.7. The van der Waals surface area contributed by atoms with Crippen LogP contribution in [0.2, 0.25) is 0 Å². The molecule has 1 aliphatic carbocycles. The Morgan fingerprint density at radius 3 is 1.79 bits per heavy atom. The third kappa shape index (κ3) is 5.43. The zero-order chi connectivity index (χ0) is 40.3. The summed E-state index contributed by atoms with van der Waals surface area (Å²) in [7, 11) is 0. The Hall–Kier alpha value is -7.94. The minimum Gasteiger partial charge on any atom is -0.455 e. The Balaban J connectivity index is 1.08. The number of benzene rings is 10. The van der Waals surface area contributed by atoms with Crippen LogP contribution in [-0.2, 0) is 5.41 Å². The van der Waals surface area contributed by atoms with Crippen LogP contribution < -0.4 is 4.90 Å². The van der Waals surface area contributed by atoms with Crippen LogP contribution in [0, 0.1) is 0 Å². The number of anilines is 3. The molecule has 0 unspecified atom stereocenters. The number of fused-ring (bicyclic) bond motifs is 8. The number of rotatable bonds is 7. The Morgan fingerprint density at radius 1 is 0.377 bits per heavy atom. The smallest absolute Gasteiger partial charge is 0.143 e. The molecule has 10 aromatic carbocycles. The molecular weight excluding hydrogens is 739 g/mol. The van der Waals surface area contributed by atoms with Crippen LogP contribution in [0.4, 0.5) is 17.1 Å². The molecule has 0 aliphatic heterocycles. The minimum atomic E-state index is -0.511. The zero-order valence-corrected chi connectivity index (χ0v) is 33.4. The lowest BCUT2D eigenvalue weighted by atomic mass is 9.68. The van der Waals surface area contributed by atoms with E-state index in [0.717, 1.165) is 55.5 Å². The monoisotopic (exact) mass is 777 g/mol. The van der Waals surface area contributed by atoms with Crippen LogP contribution in [0.25, 0.3) is 66.1 Å². The molecule has 0 N–H and O–H groups in total. The largest absolute Gasteiger partial charge is 0.455 e. The standard InChI is InChI=1S/C59H39NO/c1-4-17-40(18-5-1)43-20-14-25-47(39-43)60(46-36-33-42(34-37-46)48-28-15-32-55-56(48)51-38-35-41-19-10-11-26-49(41)58(51)61-55)54-31-16-30-53-57(54)50-27-12-13-29-52(50)59(53,44-21-6-2-7-22-44)45-23-8-3-9-24-45/h1-39H. The van der Waals surface area contributed by atoms with E-state index in [1.807, 2.05) is 0 Å². The van der Waals surface area contributed by atoms with Gasteiger partial charge in [-0.3, -0.25) is 0 Å². The highest BCUT2D eigenvalue weighted by atomic mass is 16.3. The second kappa shape index (κ2) is 14.1. The average molecular weight is 778 g/mol. The first-order chi connectivity index (χ1) is 30.3. The Kier molecular flexibility index (Phi) is 8.11. The highest BCUT2D eigenvalue weighted by Gasteiger charge is 2.47. The molecule has 286 valence electrons. The van der Waals surface area contributed by atoms with Crippen molar-refractivity contribution < 1.29 is 4.42 Å². The Labute approximate surface area is 355 Å². The van der Waals surface area contributed by atoms with Gasteiger partial charge in [0.15, 0.2) is 0 Å². The van der Waals surface area contributed by atoms with Gasteiger partial charge in [-0.1, -0.05) is 194 Å². The molecule has 0 saturated heterocycles. The van der Waals surface area contributed by atoms with Crippen molar-refractivity contribution in [2.75, 3.05) is 4.90 Å². The van der Waals surface area contributed by atoms with Gasteiger partial charge in [0.05, 0.1) is 11.1 Å². The van der Waals surface area contributed by atoms with Crippen molar-refractivity contribution in [2.24, 2.45) is 0 Å². The SMILES string of the molecule is c1ccc(-c2cccc(N(c3ccc(-c4cccc5oc6c7ccccc7ccc6c45)cc3)c3cccc4c3-c3ccccc3C4(c3ccccc3)c3ccccc3)c2)cc1. The summed E-state index contributed by atoms with van der Waals surface area (Å²) in [6.07, 6.45) is 0. The van der Waals surface area contributed by atoms with Crippen molar-refractivity contribution in [1.29, 1.82) is 0 Å². The average Bonchev–Trinajstić information content (AvgIpc) is 3.88. The molecule has 2 heteroatoms. The van der Waals surface area contributed by atoms with Crippen molar-refractivity contribution in [3.05, 3.63) is 259 Å². The van der Waals surface area contributed by atoms with E-state index in [-0.39, 0.29) is 0 Å². The van der Waals surface area contributed by atoms with E-state index in [1.54, 1.807) is 0 Å². The van der Waals surface area contributed by atoms with Crippen molar-refractivity contribution in [3.8, 4) is 33.4 Å². The van der Waals surface area contributed by atoms with Crippen LogP contribution in [0.5, 0.6) is 0 Å². The van der Waals surface area contributed by atoms with Gasteiger partial charge >= 0.3 is 0 Å². The summed E-state index contributed by atoms with van der Waals surface area (Å²) >= 11 is 0. The van der Waals surface area contributed by atoms with Gasteiger partial charge in [0, 0.05) is 33.1 Å². The molecule has 0 fully saturated rings. The highest BCUT2D eigenvalue weighted by molar-refractivity contribution is 6.19. The minimum absolute atomic E-state index is 0.511. The lowest BCUT2D eigenvalue weighted by Gasteiger charge is -2.34. The summed E-state index contributed by atoms with van der Waals surface area (Å²) in [5.74, 6) is 0. The third-order valence-electron chi connectivity index (χ3n) is 12.7. The molecule has 0 saturated carbocycles.